The van der Waals surface area contributed by atoms with Gasteiger partial charge in [0.1, 0.15) is 0 Å². The Balaban J connectivity index is 1.94. The second kappa shape index (κ2) is 5.86. The molecule has 1 nitrogen and oxygen atoms in total. The van der Waals surface area contributed by atoms with E-state index < -0.39 is 0 Å². The molecule has 0 aliphatic heterocycles. The molecule has 0 heterocycles. The topological polar surface area (TPSA) is 20.2 Å². The van der Waals surface area contributed by atoms with E-state index in [0.29, 0.717) is 12.0 Å². The average Bonchev–Trinajstić information content (AvgIpc) is 2.39. The Labute approximate surface area is 108 Å². The second-order valence-corrected chi connectivity index (χ2v) is 6.60. The van der Waals surface area contributed by atoms with Gasteiger partial charge in [0.2, 0.25) is 0 Å². The van der Waals surface area contributed by atoms with Gasteiger partial charge in [0.15, 0.2) is 0 Å². The SMILES string of the molecule is OCC1(C2CCC(CBr)CC2)CCCCC1. The lowest BCUT2D eigenvalue weighted by Crippen LogP contribution is -2.38. The number of alkyl halides is 1. The van der Waals surface area contributed by atoms with Crippen LogP contribution in [-0.4, -0.2) is 17.0 Å². The molecule has 0 unspecified atom stereocenters. The summed E-state index contributed by atoms with van der Waals surface area (Å²) in [6, 6.07) is 0. The Morgan fingerprint density at radius 1 is 1.00 bits per heavy atom. The lowest BCUT2D eigenvalue weighted by Gasteiger charge is -2.45. The van der Waals surface area contributed by atoms with Crippen LogP contribution in [0.3, 0.4) is 0 Å². The van der Waals surface area contributed by atoms with Crippen molar-refractivity contribution in [3.05, 3.63) is 0 Å². The quantitative estimate of drug-likeness (QED) is 0.774. The largest absolute Gasteiger partial charge is 0.396 e. The van der Waals surface area contributed by atoms with Gasteiger partial charge in [0.25, 0.3) is 0 Å². The molecule has 0 amide bonds. The molecule has 94 valence electrons. The molecule has 2 rings (SSSR count). The molecule has 2 fully saturated rings. The summed E-state index contributed by atoms with van der Waals surface area (Å²) in [6.45, 7) is 0.441. The summed E-state index contributed by atoms with van der Waals surface area (Å²) in [5.74, 6) is 1.71. The first-order valence-corrected chi connectivity index (χ1v) is 8.10. The summed E-state index contributed by atoms with van der Waals surface area (Å²) in [4.78, 5) is 0. The maximum Gasteiger partial charge on any atom is 0.0490 e. The van der Waals surface area contributed by atoms with E-state index in [1.54, 1.807) is 0 Å². The first kappa shape index (κ1) is 12.9. The van der Waals surface area contributed by atoms with Crippen molar-refractivity contribution in [1.82, 2.24) is 0 Å². The third-order valence-corrected chi connectivity index (χ3v) is 6.01. The Hall–Kier alpha value is 0.440. The van der Waals surface area contributed by atoms with Crippen molar-refractivity contribution in [2.24, 2.45) is 17.3 Å². The third kappa shape index (κ3) is 2.64. The van der Waals surface area contributed by atoms with Gasteiger partial charge in [-0.05, 0) is 55.8 Å². The molecule has 2 aliphatic carbocycles. The zero-order valence-electron chi connectivity index (χ0n) is 10.3. The van der Waals surface area contributed by atoms with Gasteiger partial charge in [-0.3, -0.25) is 0 Å². The van der Waals surface area contributed by atoms with E-state index in [1.807, 2.05) is 0 Å². The van der Waals surface area contributed by atoms with Gasteiger partial charge in [0, 0.05) is 11.9 Å². The molecule has 16 heavy (non-hydrogen) atoms. The van der Waals surface area contributed by atoms with E-state index in [0.717, 1.165) is 11.8 Å². The van der Waals surface area contributed by atoms with Crippen molar-refractivity contribution in [2.75, 3.05) is 11.9 Å². The molecule has 2 aliphatic rings. The summed E-state index contributed by atoms with van der Waals surface area (Å²) in [5, 5.41) is 11.0. The molecule has 1 N–H and O–H groups in total. The molecule has 2 heteroatoms. The van der Waals surface area contributed by atoms with Crippen LogP contribution >= 0.6 is 15.9 Å². The number of halogens is 1. The predicted molar refractivity (Wildman–Crippen MR) is 71.8 cm³/mol. The van der Waals surface area contributed by atoms with E-state index in [4.69, 9.17) is 0 Å². The number of rotatable bonds is 3. The Morgan fingerprint density at radius 2 is 1.62 bits per heavy atom. The summed E-state index contributed by atoms with van der Waals surface area (Å²) in [6.07, 6.45) is 12.1. The van der Waals surface area contributed by atoms with E-state index >= 15 is 0 Å². The minimum atomic E-state index is 0.315. The average molecular weight is 289 g/mol. The lowest BCUT2D eigenvalue weighted by atomic mass is 9.61. The van der Waals surface area contributed by atoms with Crippen molar-refractivity contribution >= 4 is 15.9 Å². The molecule has 0 aromatic carbocycles. The van der Waals surface area contributed by atoms with E-state index in [1.165, 1.54) is 63.1 Å². The predicted octanol–water partition coefficient (Wildman–Crippen LogP) is 4.13. The molecule has 0 radical (unpaired) electrons. The molecule has 0 spiro atoms. The molecule has 0 atom stereocenters. The first-order valence-electron chi connectivity index (χ1n) is 6.97. The van der Waals surface area contributed by atoms with Gasteiger partial charge < -0.3 is 5.11 Å². The highest BCUT2D eigenvalue weighted by Crippen LogP contribution is 2.48. The molecule has 2 saturated carbocycles. The minimum absolute atomic E-state index is 0.315. The third-order valence-electron chi connectivity index (χ3n) is 5.10. The fraction of sp³-hybridized carbons (Fsp3) is 1.00. The minimum Gasteiger partial charge on any atom is -0.396 e. The normalized spacial score (nSPS) is 34.9. The van der Waals surface area contributed by atoms with Gasteiger partial charge in [-0.2, -0.15) is 0 Å². The van der Waals surface area contributed by atoms with E-state index in [9.17, 15) is 5.11 Å². The highest BCUT2D eigenvalue weighted by molar-refractivity contribution is 9.09. The fourth-order valence-electron chi connectivity index (χ4n) is 3.88. The van der Waals surface area contributed by atoms with Crippen LogP contribution in [0.2, 0.25) is 0 Å². The smallest absolute Gasteiger partial charge is 0.0490 e. The van der Waals surface area contributed by atoms with Crippen LogP contribution in [0.4, 0.5) is 0 Å². The van der Waals surface area contributed by atoms with Gasteiger partial charge in [-0.1, -0.05) is 35.2 Å². The first-order chi connectivity index (χ1) is 7.80. The maximum atomic E-state index is 9.81. The van der Waals surface area contributed by atoms with Crippen molar-refractivity contribution < 1.29 is 5.11 Å². The van der Waals surface area contributed by atoms with Crippen LogP contribution in [0.5, 0.6) is 0 Å². The van der Waals surface area contributed by atoms with E-state index in [-0.39, 0.29) is 0 Å². The molecule has 0 bridgehead atoms. The van der Waals surface area contributed by atoms with Crippen LogP contribution in [-0.2, 0) is 0 Å². The van der Waals surface area contributed by atoms with E-state index in [2.05, 4.69) is 15.9 Å². The Kier molecular flexibility index (Phi) is 4.72. The number of aliphatic hydroxyl groups excluding tert-OH is 1. The standard InChI is InChI=1S/C14H25BrO/c15-10-12-4-6-13(7-5-12)14(11-16)8-2-1-3-9-14/h12-13,16H,1-11H2. The number of aliphatic hydroxyl groups is 1. The molecule has 0 aromatic rings. The van der Waals surface area contributed by atoms with Crippen LogP contribution < -0.4 is 0 Å². The lowest BCUT2D eigenvalue weighted by molar-refractivity contribution is 0.00113. The Morgan fingerprint density at radius 3 is 2.12 bits per heavy atom. The van der Waals surface area contributed by atoms with Gasteiger partial charge in [-0.15, -0.1) is 0 Å². The van der Waals surface area contributed by atoms with Crippen LogP contribution in [0.15, 0.2) is 0 Å². The van der Waals surface area contributed by atoms with Gasteiger partial charge >= 0.3 is 0 Å². The zero-order chi connectivity index (χ0) is 11.4. The summed E-state index contributed by atoms with van der Waals surface area (Å²) < 4.78 is 0. The number of hydrogen-bond donors (Lipinski definition) is 1. The van der Waals surface area contributed by atoms with Crippen LogP contribution in [0.25, 0.3) is 0 Å². The van der Waals surface area contributed by atoms with Crippen molar-refractivity contribution in [1.29, 1.82) is 0 Å². The molecule has 0 saturated heterocycles. The van der Waals surface area contributed by atoms with Crippen LogP contribution in [0.1, 0.15) is 57.8 Å². The zero-order valence-corrected chi connectivity index (χ0v) is 11.8. The van der Waals surface area contributed by atoms with Crippen LogP contribution in [0, 0.1) is 17.3 Å². The van der Waals surface area contributed by atoms with Crippen molar-refractivity contribution in [2.45, 2.75) is 57.8 Å². The molecular formula is C14H25BrO. The van der Waals surface area contributed by atoms with Gasteiger partial charge in [0.05, 0.1) is 0 Å². The van der Waals surface area contributed by atoms with Crippen molar-refractivity contribution in [3.63, 3.8) is 0 Å². The monoisotopic (exact) mass is 288 g/mol. The highest BCUT2D eigenvalue weighted by atomic mass is 79.9. The Bertz CT molecular complexity index is 203. The van der Waals surface area contributed by atoms with Crippen molar-refractivity contribution in [3.8, 4) is 0 Å². The fourth-order valence-corrected chi connectivity index (χ4v) is 4.53. The molecular weight excluding hydrogens is 264 g/mol. The maximum absolute atomic E-state index is 9.81. The summed E-state index contributed by atoms with van der Waals surface area (Å²) in [5.41, 5.74) is 0.315. The number of hydrogen-bond acceptors (Lipinski definition) is 1. The summed E-state index contributed by atoms with van der Waals surface area (Å²) in [7, 11) is 0. The van der Waals surface area contributed by atoms with Gasteiger partial charge in [-0.25, -0.2) is 0 Å². The highest BCUT2D eigenvalue weighted by Gasteiger charge is 2.40. The second-order valence-electron chi connectivity index (χ2n) is 5.95. The molecule has 0 aromatic heterocycles. The summed E-state index contributed by atoms with van der Waals surface area (Å²) >= 11 is 3.61.